The molecule has 0 spiro atoms. The van der Waals surface area contributed by atoms with Crippen LogP contribution in [-0.4, -0.2) is 25.2 Å². The van der Waals surface area contributed by atoms with Crippen molar-refractivity contribution in [2.24, 2.45) is 0 Å². The van der Waals surface area contributed by atoms with Gasteiger partial charge in [0.15, 0.2) is 11.5 Å². The SMILES string of the molecule is O=C(NCCc1ccc(Cl)cc1)[C@H]1COc2ccccc2O1. The van der Waals surface area contributed by atoms with E-state index in [0.29, 0.717) is 23.1 Å². The fourth-order valence-corrected chi connectivity index (χ4v) is 2.37. The number of halogens is 1. The first-order chi connectivity index (χ1) is 10.7. The van der Waals surface area contributed by atoms with E-state index >= 15 is 0 Å². The van der Waals surface area contributed by atoms with Crippen molar-refractivity contribution < 1.29 is 14.3 Å². The van der Waals surface area contributed by atoms with Gasteiger partial charge in [0.25, 0.3) is 5.91 Å². The highest BCUT2D eigenvalue weighted by atomic mass is 35.5. The number of hydrogen-bond acceptors (Lipinski definition) is 3. The topological polar surface area (TPSA) is 47.6 Å². The standard InChI is InChI=1S/C17H16ClNO3/c18-13-7-5-12(6-8-13)9-10-19-17(20)16-11-21-14-3-1-2-4-15(14)22-16/h1-8,16H,9-11H2,(H,19,20)/t16-/m1/s1. The van der Waals surface area contributed by atoms with Crippen LogP contribution in [0.5, 0.6) is 11.5 Å². The minimum absolute atomic E-state index is 0.163. The van der Waals surface area contributed by atoms with Crippen molar-refractivity contribution in [2.45, 2.75) is 12.5 Å². The summed E-state index contributed by atoms with van der Waals surface area (Å²) in [5.74, 6) is 1.11. The van der Waals surface area contributed by atoms with Gasteiger partial charge in [-0.05, 0) is 36.2 Å². The Kier molecular flexibility index (Phi) is 4.49. The number of para-hydroxylation sites is 2. The van der Waals surface area contributed by atoms with E-state index in [0.717, 1.165) is 12.0 Å². The largest absolute Gasteiger partial charge is 0.485 e. The predicted molar refractivity (Wildman–Crippen MR) is 84.5 cm³/mol. The number of nitrogens with one attached hydrogen (secondary N) is 1. The van der Waals surface area contributed by atoms with Gasteiger partial charge < -0.3 is 14.8 Å². The number of carbonyl (C=O) groups is 1. The maximum atomic E-state index is 12.1. The Bertz CT molecular complexity index is 657. The zero-order valence-corrected chi connectivity index (χ0v) is 12.7. The van der Waals surface area contributed by atoms with Gasteiger partial charge >= 0.3 is 0 Å². The number of rotatable bonds is 4. The quantitative estimate of drug-likeness (QED) is 0.943. The molecule has 4 nitrogen and oxygen atoms in total. The second-order valence-corrected chi connectivity index (χ2v) is 5.47. The lowest BCUT2D eigenvalue weighted by Gasteiger charge is -2.25. The summed E-state index contributed by atoms with van der Waals surface area (Å²) in [6.45, 7) is 0.770. The average molecular weight is 318 g/mol. The van der Waals surface area contributed by atoms with Crippen molar-refractivity contribution in [1.29, 1.82) is 0 Å². The third-order valence-corrected chi connectivity index (χ3v) is 3.68. The Morgan fingerprint density at radius 3 is 2.64 bits per heavy atom. The smallest absolute Gasteiger partial charge is 0.264 e. The summed E-state index contributed by atoms with van der Waals surface area (Å²) in [5, 5.41) is 3.58. The molecule has 1 amide bonds. The number of fused-ring (bicyclic) bond motifs is 1. The Morgan fingerprint density at radius 2 is 1.86 bits per heavy atom. The Labute approximate surface area is 134 Å². The van der Waals surface area contributed by atoms with E-state index in [9.17, 15) is 4.79 Å². The zero-order valence-electron chi connectivity index (χ0n) is 11.9. The molecule has 1 N–H and O–H groups in total. The Morgan fingerprint density at radius 1 is 1.14 bits per heavy atom. The number of ether oxygens (including phenoxy) is 2. The lowest BCUT2D eigenvalue weighted by molar-refractivity contribution is -0.130. The highest BCUT2D eigenvalue weighted by molar-refractivity contribution is 6.30. The van der Waals surface area contributed by atoms with Crippen LogP contribution in [0.4, 0.5) is 0 Å². The van der Waals surface area contributed by atoms with Gasteiger partial charge in [0, 0.05) is 11.6 Å². The van der Waals surface area contributed by atoms with Crippen molar-refractivity contribution >= 4 is 17.5 Å². The summed E-state index contributed by atoms with van der Waals surface area (Å²) < 4.78 is 11.2. The Hall–Kier alpha value is -2.20. The van der Waals surface area contributed by atoms with E-state index in [4.69, 9.17) is 21.1 Å². The highest BCUT2D eigenvalue weighted by Crippen LogP contribution is 2.30. The first-order valence-electron chi connectivity index (χ1n) is 7.13. The van der Waals surface area contributed by atoms with Gasteiger partial charge in [-0.3, -0.25) is 4.79 Å². The van der Waals surface area contributed by atoms with Gasteiger partial charge in [-0.15, -0.1) is 0 Å². The van der Waals surface area contributed by atoms with Crippen molar-refractivity contribution in [2.75, 3.05) is 13.2 Å². The number of carbonyl (C=O) groups excluding carboxylic acids is 1. The molecule has 5 heteroatoms. The summed E-state index contributed by atoms with van der Waals surface area (Å²) in [6.07, 6.45) is 0.132. The normalized spacial score (nSPS) is 16.1. The molecule has 0 unspecified atom stereocenters. The molecular formula is C17H16ClNO3. The van der Waals surface area contributed by atoms with Gasteiger partial charge in [0.2, 0.25) is 6.10 Å². The summed E-state index contributed by atoms with van der Waals surface area (Å²) in [5.41, 5.74) is 1.12. The van der Waals surface area contributed by atoms with Gasteiger partial charge in [-0.1, -0.05) is 35.9 Å². The molecule has 0 aliphatic carbocycles. The van der Waals surface area contributed by atoms with Gasteiger partial charge in [0.05, 0.1) is 0 Å². The molecule has 3 rings (SSSR count). The fraction of sp³-hybridized carbons (Fsp3) is 0.235. The van der Waals surface area contributed by atoms with Gasteiger partial charge in [-0.2, -0.15) is 0 Å². The molecule has 0 saturated heterocycles. The van der Waals surface area contributed by atoms with E-state index in [-0.39, 0.29) is 12.5 Å². The third kappa shape index (κ3) is 3.52. The molecule has 0 fully saturated rings. The van der Waals surface area contributed by atoms with Crippen LogP contribution in [0, 0.1) is 0 Å². The van der Waals surface area contributed by atoms with Crippen molar-refractivity contribution in [3.05, 3.63) is 59.1 Å². The zero-order chi connectivity index (χ0) is 15.4. The molecular weight excluding hydrogens is 302 g/mol. The van der Waals surface area contributed by atoms with Crippen LogP contribution in [0.25, 0.3) is 0 Å². The molecule has 1 aliphatic heterocycles. The maximum absolute atomic E-state index is 12.1. The molecule has 0 saturated carbocycles. The first kappa shape index (κ1) is 14.7. The first-order valence-corrected chi connectivity index (χ1v) is 7.51. The highest BCUT2D eigenvalue weighted by Gasteiger charge is 2.26. The lowest BCUT2D eigenvalue weighted by atomic mass is 10.1. The van der Waals surface area contributed by atoms with E-state index in [1.165, 1.54) is 0 Å². The number of amides is 1. The summed E-state index contributed by atoms with van der Waals surface area (Å²) in [4.78, 5) is 12.1. The fourth-order valence-electron chi connectivity index (χ4n) is 2.24. The van der Waals surface area contributed by atoms with E-state index in [1.54, 1.807) is 6.07 Å². The molecule has 0 radical (unpaired) electrons. The van der Waals surface area contributed by atoms with E-state index in [2.05, 4.69) is 5.32 Å². The van der Waals surface area contributed by atoms with Crippen LogP contribution < -0.4 is 14.8 Å². The van der Waals surface area contributed by atoms with E-state index in [1.807, 2.05) is 42.5 Å². The number of hydrogen-bond donors (Lipinski definition) is 1. The Balaban J connectivity index is 1.50. The van der Waals surface area contributed by atoms with Crippen LogP contribution in [-0.2, 0) is 11.2 Å². The van der Waals surface area contributed by atoms with Crippen LogP contribution in [0.15, 0.2) is 48.5 Å². The van der Waals surface area contributed by atoms with Crippen molar-refractivity contribution in [3.63, 3.8) is 0 Å². The molecule has 2 aromatic carbocycles. The predicted octanol–water partition coefficient (Wildman–Crippen LogP) is 2.84. The van der Waals surface area contributed by atoms with Gasteiger partial charge in [0.1, 0.15) is 6.61 Å². The summed E-state index contributed by atoms with van der Waals surface area (Å²) in [7, 11) is 0. The molecule has 114 valence electrons. The minimum atomic E-state index is -0.611. The maximum Gasteiger partial charge on any atom is 0.264 e. The van der Waals surface area contributed by atoms with Crippen molar-refractivity contribution in [1.82, 2.24) is 5.32 Å². The number of benzene rings is 2. The lowest BCUT2D eigenvalue weighted by Crippen LogP contribution is -2.44. The van der Waals surface area contributed by atoms with Crippen LogP contribution in [0.2, 0.25) is 5.02 Å². The molecule has 1 heterocycles. The van der Waals surface area contributed by atoms with Crippen LogP contribution in [0.1, 0.15) is 5.56 Å². The second kappa shape index (κ2) is 6.71. The molecule has 0 aromatic heterocycles. The molecule has 2 aromatic rings. The van der Waals surface area contributed by atoms with Crippen LogP contribution in [0.3, 0.4) is 0 Å². The monoisotopic (exact) mass is 317 g/mol. The second-order valence-electron chi connectivity index (χ2n) is 5.03. The van der Waals surface area contributed by atoms with Crippen LogP contribution >= 0.6 is 11.6 Å². The van der Waals surface area contributed by atoms with E-state index < -0.39 is 6.10 Å². The minimum Gasteiger partial charge on any atom is -0.485 e. The average Bonchev–Trinajstić information content (AvgIpc) is 2.56. The molecule has 1 aliphatic rings. The third-order valence-electron chi connectivity index (χ3n) is 3.43. The molecule has 22 heavy (non-hydrogen) atoms. The summed E-state index contributed by atoms with van der Waals surface area (Å²) >= 11 is 5.84. The molecule has 1 atom stereocenters. The van der Waals surface area contributed by atoms with Gasteiger partial charge in [-0.25, -0.2) is 0 Å². The molecule has 0 bridgehead atoms. The summed E-state index contributed by atoms with van der Waals surface area (Å²) in [6, 6.07) is 14.9. The van der Waals surface area contributed by atoms with Crippen molar-refractivity contribution in [3.8, 4) is 11.5 Å².